The minimum absolute atomic E-state index is 0. The Hall–Kier alpha value is -1.40. The number of hydrogen-bond donors (Lipinski definition) is 2. The Morgan fingerprint density at radius 2 is 2.00 bits per heavy atom. The molecule has 0 aliphatic carbocycles. The molecule has 0 fully saturated rings. The van der Waals surface area contributed by atoms with Crippen LogP contribution in [0.25, 0.3) is 0 Å². The second-order valence-corrected chi connectivity index (χ2v) is 5.36. The van der Waals surface area contributed by atoms with E-state index in [2.05, 4.69) is 22.5 Å². The van der Waals surface area contributed by atoms with Gasteiger partial charge in [-0.3, -0.25) is 0 Å². The van der Waals surface area contributed by atoms with Crippen molar-refractivity contribution < 1.29 is 9.13 Å². The van der Waals surface area contributed by atoms with Gasteiger partial charge >= 0.3 is 0 Å². The van der Waals surface area contributed by atoms with Crippen molar-refractivity contribution in [3.8, 4) is 6.07 Å². The molecule has 0 aliphatic heterocycles. The van der Waals surface area contributed by atoms with E-state index in [-0.39, 0.29) is 30.5 Å². The summed E-state index contributed by atoms with van der Waals surface area (Å²) in [5, 5.41) is 15.1. The topological polar surface area (TPSA) is 69.4 Å². The van der Waals surface area contributed by atoms with Crippen LogP contribution in [-0.2, 0) is 11.3 Å². The molecule has 0 amide bonds. The van der Waals surface area contributed by atoms with E-state index < -0.39 is 5.82 Å². The lowest BCUT2D eigenvalue weighted by Crippen LogP contribution is -2.38. The molecule has 0 spiro atoms. The third kappa shape index (κ3) is 10.2. The summed E-state index contributed by atoms with van der Waals surface area (Å²) in [5.74, 6) is 0.243. The smallest absolute Gasteiger partial charge is 0.191 e. The molecular weight excluding hydrogens is 434 g/mol. The average molecular weight is 462 g/mol. The van der Waals surface area contributed by atoms with Crippen molar-refractivity contribution in [1.29, 1.82) is 5.26 Å². The van der Waals surface area contributed by atoms with Gasteiger partial charge in [-0.1, -0.05) is 19.4 Å². The molecule has 0 unspecified atom stereocenters. The monoisotopic (exact) mass is 462 g/mol. The standard InChI is InChI=1S/C18H27FN4O.HI/c1-3-5-10-24-11-6-9-22-18(21-4-2)23-14-16-8-7-15(13-20)12-17(16)19;/h7-8,12H,3-6,9-11,14H2,1-2H3,(H2,21,22,23);1H. The first-order valence-corrected chi connectivity index (χ1v) is 8.49. The Kier molecular flexibility index (Phi) is 14.1. The Balaban J connectivity index is 0.00000576. The summed E-state index contributed by atoms with van der Waals surface area (Å²) in [6.45, 7) is 7.34. The van der Waals surface area contributed by atoms with Crippen LogP contribution in [0, 0.1) is 17.1 Å². The van der Waals surface area contributed by atoms with Crippen LogP contribution in [0.3, 0.4) is 0 Å². The van der Waals surface area contributed by atoms with Crippen LogP contribution in [0.1, 0.15) is 44.2 Å². The molecule has 1 aromatic rings. The van der Waals surface area contributed by atoms with Crippen molar-refractivity contribution in [3.05, 3.63) is 35.1 Å². The van der Waals surface area contributed by atoms with Crippen LogP contribution in [0.5, 0.6) is 0 Å². The molecule has 0 saturated carbocycles. The van der Waals surface area contributed by atoms with Crippen molar-refractivity contribution in [2.45, 2.75) is 39.7 Å². The highest BCUT2D eigenvalue weighted by Crippen LogP contribution is 2.10. The van der Waals surface area contributed by atoms with E-state index in [0.717, 1.165) is 45.6 Å². The van der Waals surface area contributed by atoms with Gasteiger partial charge in [-0.15, -0.1) is 24.0 Å². The maximum atomic E-state index is 13.8. The molecule has 7 heteroatoms. The van der Waals surface area contributed by atoms with E-state index in [4.69, 9.17) is 10.00 Å². The van der Waals surface area contributed by atoms with Gasteiger partial charge in [0.1, 0.15) is 5.82 Å². The summed E-state index contributed by atoms with van der Waals surface area (Å²) >= 11 is 0. The molecule has 2 N–H and O–H groups in total. The van der Waals surface area contributed by atoms with Gasteiger partial charge in [-0.05, 0) is 31.9 Å². The Bertz CT molecular complexity index is 560. The van der Waals surface area contributed by atoms with E-state index in [1.54, 1.807) is 12.1 Å². The van der Waals surface area contributed by atoms with Crippen molar-refractivity contribution in [1.82, 2.24) is 10.6 Å². The summed E-state index contributed by atoms with van der Waals surface area (Å²) in [5.41, 5.74) is 0.780. The highest BCUT2D eigenvalue weighted by atomic mass is 127. The van der Waals surface area contributed by atoms with Crippen LogP contribution in [0.4, 0.5) is 4.39 Å². The van der Waals surface area contributed by atoms with Crippen molar-refractivity contribution in [2.24, 2.45) is 4.99 Å². The normalized spacial score (nSPS) is 10.7. The van der Waals surface area contributed by atoms with Gasteiger partial charge in [0.15, 0.2) is 5.96 Å². The molecule has 140 valence electrons. The molecule has 1 aromatic carbocycles. The van der Waals surface area contributed by atoms with Gasteiger partial charge in [0, 0.05) is 31.9 Å². The zero-order valence-corrected chi connectivity index (χ0v) is 17.3. The SMILES string of the molecule is CCCCOCCCNC(=NCc1ccc(C#N)cc1F)NCC.I. The van der Waals surface area contributed by atoms with Crippen LogP contribution in [0.15, 0.2) is 23.2 Å². The van der Waals surface area contributed by atoms with Gasteiger partial charge in [0.25, 0.3) is 0 Å². The summed E-state index contributed by atoms with van der Waals surface area (Å²) in [6, 6.07) is 6.35. The number of nitrogens with zero attached hydrogens (tertiary/aromatic N) is 2. The van der Waals surface area contributed by atoms with E-state index in [1.807, 2.05) is 13.0 Å². The molecule has 0 bridgehead atoms. The fourth-order valence-electron chi connectivity index (χ4n) is 1.98. The van der Waals surface area contributed by atoms with Crippen molar-refractivity contribution in [2.75, 3.05) is 26.3 Å². The first-order valence-electron chi connectivity index (χ1n) is 8.49. The molecule has 0 radical (unpaired) electrons. The number of halogens is 2. The van der Waals surface area contributed by atoms with Crippen molar-refractivity contribution >= 4 is 29.9 Å². The number of unbranched alkanes of at least 4 members (excludes halogenated alkanes) is 1. The molecule has 25 heavy (non-hydrogen) atoms. The summed E-state index contributed by atoms with van der Waals surface area (Å²) in [6.07, 6.45) is 3.12. The average Bonchev–Trinajstić information content (AvgIpc) is 2.59. The van der Waals surface area contributed by atoms with Gasteiger partial charge in [-0.2, -0.15) is 5.26 Å². The molecule has 0 aromatic heterocycles. The van der Waals surface area contributed by atoms with Gasteiger partial charge < -0.3 is 15.4 Å². The number of ether oxygens (including phenoxy) is 1. The van der Waals surface area contributed by atoms with Crippen LogP contribution < -0.4 is 10.6 Å². The minimum Gasteiger partial charge on any atom is -0.381 e. The first-order chi connectivity index (χ1) is 11.7. The van der Waals surface area contributed by atoms with Gasteiger partial charge in [-0.25, -0.2) is 9.38 Å². The molecule has 0 saturated heterocycles. The Morgan fingerprint density at radius 1 is 1.24 bits per heavy atom. The van der Waals surface area contributed by atoms with Gasteiger partial charge in [0.2, 0.25) is 0 Å². The third-order valence-corrected chi connectivity index (χ3v) is 3.33. The van der Waals surface area contributed by atoms with Crippen molar-refractivity contribution in [3.63, 3.8) is 0 Å². The molecule has 5 nitrogen and oxygen atoms in total. The quantitative estimate of drug-likeness (QED) is 0.242. The second kappa shape index (κ2) is 14.9. The van der Waals surface area contributed by atoms with E-state index in [9.17, 15) is 4.39 Å². The first kappa shape index (κ1) is 23.6. The number of guanidine groups is 1. The number of nitrogens with one attached hydrogen (secondary N) is 2. The summed E-state index contributed by atoms with van der Waals surface area (Å²) in [4.78, 5) is 4.38. The third-order valence-electron chi connectivity index (χ3n) is 3.33. The zero-order valence-electron chi connectivity index (χ0n) is 15.0. The fraction of sp³-hybridized carbons (Fsp3) is 0.556. The maximum Gasteiger partial charge on any atom is 0.191 e. The summed E-state index contributed by atoms with van der Waals surface area (Å²) < 4.78 is 19.4. The van der Waals surface area contributed by atoms with E-state index in [1.165, 1.54) is 6.07 Å². The molecular formula is C18H28FIN4O. The number of aliphatic imine (C=N–C) groups is 1. The largest absolute Gasteiger partial charge is 0.381 e. The van der Waals surface area contributed by atoms with Crippen LogP contribution in [-0.4, -0.2) is 32.3 Å². The van der Waals surface area contributed by atoms with E-state index in [0.29, 0.717) is 17.1 Å². The molecule has 0 aliphatic rings. The van der Waals surface area contributed by atoms with Crippen LogP contribution in [0.2, 0.25) is 0 Å². The molecule has 0 heterocycles. The van der Waals surface area contributed by atoms with E-state index >= 15 is 0 Å². The number of rotatable bonds is 10. The number of hydrogen-bond acceptors (Lipinski definition) is 3. The van der Waals surface area contributed by atoms with Crippen LogP contribution >= 0.6 is 24.0 Å². The lowest BCUT2D eigenvalue weighted by molar-refractivity contribution is 0.129. The Morgan fingerprint density at radius 3 is 2.64 bits per heavy atom. The second-order valence-electron chi connectivity index (χ2n) is 5.36. The fourth-order valence-corrected chi connectivity index (χ4v) is 1.98. The molecule has 0 atom stereocenters. The highest BCUT2D eigenvalue weighted by Gasteiger charge is 2.04. The predicted molar refractivity (Wildman–Crippen MR) is 110 cm³/mol. The predicted octanol–water partition coefficient (Wildman–Crippen LogP) is 3.58. The molecule has 1 rings (SSSR count). The lowest BCUT2D eigenvalue weighted by Gasteiger charge is -2.11. The lowest BCUT2D eigenvalue weighted by atomic mass is 10.1. The summed E-state index contributed by atoms with van der Waals surface area (Å²) in [7, 11) is 0. The maximum absolute atomic E-state index is 13.8. The zero-order chi connectivity index (χ0) is 17.6. The van der Waals surface area contributed by atoms with Gasteiger partial charge in [0.05, 0.1) is 18.2 Å². The Labute approximate surface area is 167 Å². The number of nitriles is 1. The highest BCUT2D eigenvalue weighted by molar-refractivity contribution is 14.0. The minimum atomic E-state index is -0.405. The number of benzene rings is 1.